The number of carbonyl (C=O) groups excluding carboxylic acids is 1. The van der Waals surface area contributed by atoms with Gasteiger partial charge in [0.15, 0.2) is 11.6 Å². The number of halogens is 2. The Morgan fingerprint density at radius 2 is 1.65 bits per heavy atom. The highest BCUT2D eigenvalue weighted by molar-refractivity contribution is 5.78. The van der Waals surface area contributed by atoms with E-state index in [1.54, 1.807) is 6.07 Å². The van der Waals surface area contributed by atoms with Crippen molar-refractivity contribution in [2.24, 2.45) is 0 Å². The average Bonchev–Trinajstić information content (AvgIpc) is 2.65. The van der Waals surface area contributed by atoms with Crippen LogP contribution in [0.3, 0.4) is 0 Å². The molecule has 0 radical (unpaired) electrons. The summed E-state index contributed by atoms with van der Waals surface area (Å²) in [5.74, 6) is -1.51. The van der Waals surface area contributed by atoms with Crippen LogP contribution in [0.25, 0.3) is 0 Å². The van der Waals surface area contributed by atoms with E-state index in [9.17, 15) is 13.6 Å². The minimum atomic E-state index is -0.826. The Balaban J connectivity index is 1.55. The summed E-state index contributed by atoms with van der Waals surface area (Å²) in [6.45, 7) is 6.76. The Labute approximate surface area is 153 Å². The van der Waals surface area contributed by atoms with Crippen LogP contribution in [0.4, 0.5) is 8.78 Å². The Kier molecular flexibility index (Phi) is 5.67. The van der Waals surface area contributed by atoms with Crippen molar-refractivity contribution in [3.8, 4) is 0 Å². The minimum absolute atomic E-state index is 0.0144. The summed E-state index contributed by atoms with van der Waals surface area (Å²) < 4.78 is 26.6. The zero-order valence-corrected chi connectivity index (χ0v) is 15.2. The van der Waals surface area contributed by atoms with Gasteiger partial charge in [0.1, 0.15) is 0 Å². The van der Waals surface area contributed by atoms with Gasteiger partial charge in [0.25, 0.3) is 0 Å². The molecule has 0 N–H and O–H groups in total. The first-order valence-electron chi connectivity index (χ1n) is 8.96. The molecule has 1 atom stereocenters. The van der Waals surface area contributed by atoms with Crippen LogP contribution in [0.5, 0.6) is 0 Å². The summed E-state index contributed by atoms with van der Waals surface area (Å²) in [5.41, 5.74) is 2.96. The van der Waals surface area contributed by atoms with Crippen LogP contribution in [0, 0.1) is 18.6 Å². The van der Waals surface area contributed by atoms with Crippen molar-refractivity contribution < 1.29 is 13.6 Å². The number of hydrogen-bond donors (Lipinski definition) is 0. The summed E-state index contributed by atoms with van der Waals surface area (Å²) in [5, 5.41) is 0. The van der Waals surface area contributed by atoms with E-state index in [2.05, 4.69) is 4.90 Å². The first-order valence-corrected chi connectivity index (χ1v) is 8.96. The highest BCUT2D eigenvalue weighted by atomic mass is 19.2. The van der Waals surface area contributed by atoms with Crippen molar-refractivity contribution in [3.63, 3.8) is 0 Å². The highest BCUT2D eigenvalue weighted by Crippen LogP contribution is 2.23. The van der Waals surface area contributed by atoms with E-state index in [-0.39, 0.29) is 11.9 Å². The smallest absolute Gasteiger partial charge is 0.227 e. The van der Waals surface area contributed by atoms with Crippen molar-refractivity contribution in [2.75, 3.05) is 26.2 Å². The van der Waals surface area contributed by atoms with Crippen LogP contribution >= 0.6 is 0 Å². The lowest BCUT2D eigenvalue weighted by Gasteiger charge is -2.38. The van der Waals surface area contributed by atoms with Gasteiger partial charge >= 0.3 is 0 Å². The van der Waals surface area contributed by atoms with Gasteiger partial charge in [-0.15, -0.1) is 0 Å². The number of benzene rings is 2. The Hall–Kier alpha value is -2.27. The first-order chi connectivity index (χ1) is 12.4. The van der Waals surface area contributed by atoms with Gasteiger partial charge in [-0.3, -0.25) is 9.69 Å². The summed E-state index contributed by atoms with van der Waals surface area (Å²) in [7, 11) is 0. The molecule has 138 valence electrons. The third kappa shape index (κ3) is 4.28. The van der Waals surface area contributed by atoms with Gasteiger partial charge in [0, 0.05) is 32.2 Å². The lowest BCUT2D eigenvalue weighted by atomic mass is 10.1. The largest absolute Gasteiger partial charge is 0.340 e. The fourth-order valence-electron chi connectivity index (χ4n) is 3.33. The van der Waals surface area contributed by atoms with Gasteiger partial charge in [-0.05, 0) is 37.1 Å². The van der Waals surface area contributed by atoms with Crippen molar-refractivity contribution >= 4 is 5.91 Å². The van der Waals surface area contributed by atoms with Crippen LogP contribution in [-0.4, -0.2) is 41.9 Å². The van der Waals surface area contributed by atoms with Gasteiger partial charge in [-0.25, -0.2) is 8.78 Å². The van der Waals surface area contributed by atoms with Crippen molar-refractivity contribution in [1.82, 2.24) is 9.80 Å². The topological polar surface area (TPSA) is 23.6 Å². The second-order valence-corrected chi connectivity index (χ2v) is 6.93. The molecule has 0 saturated carbocycles. The SMILES string of the molecule is Cc1ccc(CC(=O)N2CCN(C(C)c3ccc(F)c(F)c3)CC2)cc1. The molecular formula is C21H24F2N2O. The van der Waals surface area contributed by atoms with Gasteiger partial charge in [0.2, 0.25) is 5.91 Å². The predicted octanol–water partition coefficient (Wildman–Crippen LogP) is 3.72. The molecule has 1 heterocycles. The number of carbonyl (C=O) groups is 1. The van der Waals surface area contributed by atoms with Crippen molar-refractivity contribution in [1.29, 1.82) is 0 Å². The summed E-state index contributed by atoms with van der Waals surface area (Å²) in [6.07, 6.45) is 0.416. The maximum absolute atomic E-state index is 13.5. The van der Waals surface area contributed by atoms with E-state index in [4.69, 9.17) is 0 Å². The lowest BCUT2D eigenvalue weighted by Crippen LogP contribution is -2.49. The zero-order valence-electron chi connectivity index (χ0n) is 15.2. The van der Waals surface area contributed by atoms with E-state index < -0.39 is 11.6 Å². The maximum atomic E-state index is 13.5. The molecule has 26 heavy (non-hydrogen) atoms. The normalized spacial score (nSPS) is 16.5. The van der Waals surface area contributed by atoms with Crippen LogP contribution in [0.2, 0.25) is 0 Å². The molecule has 1 aliphatic heterocycles. The van der Waals surface area contributed by atoms with Crippen LogP contribution in [0.1, 0.15) is 29.7 Å². The number of aryl methyl sites for hydroxylation is 1. The molecule has 1 saturated heterocycles. The Morgan fingerprint density at radius 3 is 2.27 bits per heavy atom. The van der Waals surface area contributed by atoms with E-state index in [0.29, 0.717) is 19.5 Å². The third-order valence-electron chi connectivity index (χ3n) is 5.12. The van der Waals surface area contributed by atoms with E-state index >= 15 is 0 Å². The number of nitrogens with zero attached hydrogens (tertiary/aromatic N) is 2. The van der Waals surface area contributed by atoms with Crippen LogP contribution in [0.15, 0.2) is 42.5 Å². The molecule has 2 aromatic rings. The molecule has 3 nitrogen and oxygen atoms in total. The molecule has 0 aromatic heterocycles. The molecule has 1 unspecified atom stereocenters. The zero-order chi connectivity index (χ0) is 18.7. The molecule has 1 fully saturated rings. The fraction of sp³-hybridized carbons (Fsp3) is 0.381. The quantitative estimate of drug-likeness (QED) is 0.832. The molecule has 3 rings (SSSR count). The molecule has 0 bridgehead atoms. The Morgan fingerprint density at radius 1 is 1.00 bits per heavy atom. The van der Waals surface area contributed by atoms with Gasteiger partial charge in [-0.2, -0.15) is 0 Å². The number of piperazine rings is 1. The molecule has 1 aliphatic rings. The van der Waals surface area contributed by atoms with E-state index in [1.165, 1.54) is 17.7 Å². The average molecular weight is 358 g/mol. The molecule has 1 amide bonds. The minimum Gasteiger partial charge on any atom is -0.340 e. The fourth-order valence-corrected chi connectivity index (χ4v) is 3.33. The molecule has 5 heteroatoms. The summed E-state index contributed by atoms with van der Waals surface area (Å²) >= 11 is 0. The molecular weight excluding hydrogens is 334 g/mol. The second-order valence-electron chi connectivity index (χ2n) is 6.93. The third-order valence-corrected chi connectivity index (χ3v) is 5.12. The Bertz CT molecular complexity index is 768. The number of hydrogen-bond acceptors (Lipinski definition) is 2. The lowest BCUT2D eigenvalue weighted by molar-refractivity contribution is -0.132. The maximum Gasteiger partial charge on any atom is 0.227 e. The predicted molar refractivity (Wildman–Crippen MR) is 97.8 cm³/mol. The van der Waals surface area contributed by atoms with Crippen molar-refractivity contribution in [2.45, 2.75) is 26.3 Å². The standard InChI is InChI=1S/C21H24F2N2O/c1-15-3-5-17(6-4-15)13-21(26)25-11-9-24(10-12-25)16(2)18-7-8-19(22)20(23)14-18/h3-8,14,16H,9-13H2,1-2H3. The van der Waals surface area contributed by atoms with E-state index in [0.717, 1.165) is 24.2 Å². The van der Waals surface area contributed by atoms with Gasteiger partial charge in [-0.1, -0.05) is 35.9 Å². The van der Waals surface area contributed by atoms with E-state index in [1.807, 2.05) is 43.0 Å². The number of rotatable bonds is 4. The monoisotopic (exact) mass is 358 g/mol. The summed E-state index contributed by atoms with van der Waals surface area (Å²) in [4.78, 5) is 16.6. The van der Waals surface area contributed by atoms with Gasteiger partial charge in [0.05, 0.1) is 6.42 Å². The van der Waals surface area contributed by atoms with Crippen molar-refractivity contribution in [3.05, 3.63) is 70.8 Å². The second kappa shape index (κ2) is 7.96. The molecule has 0 spiro atoms. The highest BCUT2D eigenvalue weighted by Gasteiger charge is 2.25. The molecule has 0 aliphatic carbocycles. The summed E-state index contributed by atoms with van der Waals surface area (Å²) in [6, 6.07) is 12.1. The van der Waals surface area contributed by atoms with Crippen LogP contribution < -0.4 is 0 Å². The molecule has 2 aromatic carbocycles. The van der Waals surface area contributed by atoms with Crippen LogP contribution in [-0.2, 0) is 11.2 Å². The first kappa shape index (κ1) is 18.5. The van der Waals surface area contributed by atoms with Gasteiger partial charge < -0.3 is 4.90 Å². The number of amides is 1.